The predicted molar refractivity (Wildman–Crippen MR) is 98.5 cm³/mol. The van der Waals surface area contributed by atoms with E-state index in [-0.39, 0.29) is 6.03 Å². The lowest BCUT2D eigenvalue weighted by molar-refractivity contribution is 0.262. The fourth-order valence-electron chi connectivity index (χ4n) is 2.51. The van der Waals surface area contributed by atoms with Gasteiger partial charge in [0.25, 0.3) is 0 Å². The molecule has 0 saturated heterocycles. The number of nitrogens with zero attached hydrogens (tertiary/aromatic N) is 1. The average Bonchev–Trinajstić information content (AvgIpc) is 2.63. The molecule has 6 heteroatoms. The Morgan fingerprint density at radius 1 is 1.08 bits per heavy atom. The van der Waals surface area contributed by atoms with Crippen molar-refractivity contribution in [3.63, 3.8) is 0 Å². The molecule has 2 aromatic carbocycles. The molecule has 2 N–H and O–H groups in total. The summed E-state index contributed by atoms with van der Waals surface area (Å²) in [5, 5.41) is 6.51. The predicted octanol–water partition coefficient (Wildman–Crippen LogP) is 4.29. The van der Waals surface area contributed by atoms with Gasteiger partial charge in [0.2, 0.25) is 0 Å². The van der Waals surface area contributed by atoms with Gasteiger partial charge in [-0.2, -0.15) is 0 Å². The van der Waals surface area contributed by atoms with Crippen LogP contribution in [0.5, 0.6) is 11.5 Å². The van der Waals surface area contributed by atoms with Gasteiger partial charge in [0.1, 0.15) is 11.5 Å². The second-order valence-electron chi connectivity index (χ2n) is 5.26. The number of aromatic nitrogens is 1. The van der Waals surface area contributed by atoms with E-state index >= 15 is 0 Å². The molecule has 0 fully saturated rings. The van der Waals surface area contributed by atoms with Gasteiger partial charge >= 0.3 is 6.03 Å². The Balaban J connectivity index is 1.85. The third-order valence-electron chi connectivity index (χ3n) is 3.60. The summed E-state index contributed by atoms with van der Waals surface area (Å²) in [6.45, 7) is 2.41. The molecule has 0 aliphatic carbocycles. The summed E-state index contributed by atoms with van der Waals surface area (Å²) in [7, 11) is 1.58. The van der Waals surface area contributed by atoms with Crippen molar-refractivity contribution in [1.29, 1.82) is 0 Å². The highest BCUT2D eigenvalue weighted by molar-refractivity contribution is 6.06. The van der Waals surface area contributed by atoms with Crippen LogP contribution >= 0.6 is 0 Å². The molecule has 128 valence electrons. The van der Waals surface area contributed by atoms with Crippen LogP contribution in [0.1, 0.15) is 6.92 Å². The number of fused-ring (bicyclic) bond motifs is 1. The van der Waals surface area contributed by atoms with E-state index in [2.05, 4.69) is 15.6 Å². The first kappa shape index (κ1) is 16.6. The highest BCUT2D eigenvalue weighted by Crippen LogP contribution is 2.28. The molecule has 0 atom stereocenters. The quantitative estimate of drug-likeness (QED) is 0.728. The van der Waals surface area contributed by atoms with E-state index in [1.165, 1.54) is 0 Å². The van der Waals surface area contributed by atoms with Gasteiger partial charge in [-0.05, 0) is 31.2 Å². The highest BCUT2D eigenvalue weighted by atomic mass is 16.5. The summed E-state index contributed by atoms with van der Waals surface area (Å²) in [4.78, 5) is 16.8. The summed E-state index contributed by atoms with van der Waals surface area (Å²) in [6.07, 6.45) is 1.68. The van der Waals surface area contributed by atoms with E-state index < -0.39 is 0 Å². The van der Waals surface area contributed by atoms with Crippen molar-refractivity contribution in [3.8, 4) is 11.5 Å². The molecule has 0 saturated carbocycles. The van der Waals surface area contributed by atoms with E-state index in [1.807, 2.05) is 43.3 Å². The Hall–Kier alpha value is -3.28. The minimum atomic E-state index is -0.382. The van der Waals surface area contributed by atoms with Gasteiger partial charge in [-0.15, -0.1) is 0 Å². The number of urea groups is 1. The molecule has 6 nitrogen and oxygen atoms in total. The van der Waals surface area contributed by atoms with E-state index in [0.717, 1.165) is 5.39 Å². The van der Waals surface area contributed by atoms with Crippen LogP contribution in [0.15, 0.2) is 54.7 Å². The van der Waals surface area contributed by atoms with Crippen molar-refractivity contribution in [3.05, 3.63) is 54.7 Å². The molecule has 3 rings (SSSR count). The van der Waals surface area contributed by atoms with Gasteiger partial charge in [-0.3, -0.25) is 4.98 Å². The minimum absolute atomic E-state index is 0.382. The topological polar surface area (TPSA) is 72.5 Å². The largest absolute Gasteiger partial charge is 0.497 e. The number of hydrogen-bond acceptors (Lipinski definition) is 4. The first-order valence-electron chi connectivity index (χ1n) is 7.94. The fraction of sp³-hybridized carbons (Fsp3) is 0.158. The Bertz CT molecular complexity index is 896. The lowest BCUT2D eigenvalue weighted by Crippen LogP contribution is -2.20. The number of benzene rings is 2. The van der Waals surface area contributed by atoms with Crippen LogP contribution in [0.3, 0.4) is 0 Å². The molecule has 1 heterocycles. The van der Waals surface area contributed by atoms with Crippen LogP contribution in [0.2, 0.25) is 0 Å². The zero-order chi connectivity index (χ0) is 17.6. The summed E-state index contributed by atoms with van der Waals surface area (Å²) in [5.41, 5.74) is 1.86. The summed E-state index contributed by atoms with van der Waals surface area (Å²) < 4.78 is 10.8. The Labute approximate surface area is 145 Å². The number of amides is 2. The van der Waals surface area contributed by atoms with E-state index in [1.54, 1.807) is 25.4 Å². The van der Waals surface area contributed by atoms with Crippen LogP contribution in [0.25, 0.3) is 10.9 Å². The number of pyridine rings is 1. The van der Waals surface area contributed by atoms with Gasteiger partial charge in [0.15, 0.2) is 0 Å². The maximum absolute atomic E-state index is 12.4. The lowest BCUT2D eigenvalue weighted by Gasteiger charge is -2.13. The first-order valence-corrected chi connectivity index (χ1v) is 7.94. The van der Waals surface area contributed by atoms with Gasteiger partial charge < -0.3 is 20.1 Å². The maximum atomic E-state index is 12.4. The number of hydrogen-bond donors (Lipinski definition) is 2. The second kappa shape index (κ2) is 7.53. The van der Waals surface area contributed by atoms with E-state index in [9.17, 15) is 4.79 Å². The molecule has 25 heavy (non-hydrogen) atoms. The number of ether oxygens (including phenoxy) is 2. The molecular weight excluding hydrogens is 318 g/mol. The fourth-order valence-corrected chi connectivity index (χ4v) is 2.51. The monoisotopic (exact) mass is 337 g/mol. The number of rotatable bonds is 5. The zero-order valence-electron chi connectivity index (χ0n) is 14.1. The Morgan fingerprint density at radius 2 is 1.88 bits per heavy atom. The zero-order valence-corrected chi connectivity index (χ0v) is 14.1. The van der Waals surface area contributed by atoms with Gasteiger partial charge in [-0.1, -0.05) is 18.2 Å². The molecule has 0 aliphatic heterocycles. The number of nitrogens with one attached hydrogen (secondary N) is 2. The van der Waals surface area contributed by atoms with Crippen LogP contribution in [-0.2, 0) is 0 Å². The first-order chi connectivity index (χ1) is 12.2. The number of para-hydroxylation sites is 2. The smallest absolute Gasteiger partial charge is 0.323 e. The highest BCUT2D eigenvalue weighted by Gasteiger charge is 2.11. The van der Waals surface area contributed by atoms with E-state index in [0.29, 0.717) is 35.0 Å². The van der Waals surface area contributed by atoms with Crippen LogP contribution in [-0.4, -0.2) is 24.7 Å². The van der Waals surface area contributed by atoms with Crippen molar-refractivity contribution < 1.29 is 14.3 Å². The molecule has 0 unspecified atom stereocenters. The lowest BCUT2D eigenvalue weighted by atomic mass is 10.2. The van der Waals surface area contributed by atoms with Crippen molar-refractivity contribution in [2.75, 3.05) is 24.4 Å². The standard InChI is InChI=1S/C19H19N3O3/c1-3-25-17-9-5-4-8-15(17)21-19(23)22-16-12-14(24-2)11-13-7-6-10-20-18(13)16/h4-12H,3H2,1-2H3,(H2,21,22,23). The molecule has 2 amide bonds. The number of carbonyl (C=O) groups is 1. The number of methoxy groups -OCH3 is 1. The third-order valence-corrected chi connectivity index (χ3v) is 3.60. The van der Waals surface area contributed by atoms with Crippen molar-refractivity contribution in [2.24, 2.45) is 0 Å². The van der Waals surface area contributed by atoms with Crippen molar-refractivity contribution >= 4 is 28.3 Å². The van der Waals surface area contributed by atoms with Gasteiger partial charge in [-0.25, -0.2) is 4.79 Å². The Kier molecular flexibility index (Phi) is 4.99. The minimum Gasteiger partial charge on any atom is -0.497 e. The molecule has 0 aliphatic rings. The number of carbonyl (C=O) groups excluding carboxylic acids is 1. The maximum Gasteiger partial charge on any atom is 0.323 e. The molecule has 3 aromatic rings. The summed E-state index contributed by atoms with van der Waals surface area (Å²) in [5.74, 6) is 1.26. The normalized spacial score (nSPS) is 10.3. The third kappa shape index (κ3) is 3.80. The van der Waals surface area contributed by atoms with E-state index in [4.69, 9.17) is 9.47 Å². The Morgan fingerprint density at radius 3 is 2.68 bits per heavy atom. The number of anilines is 2. The summed E-state index contributed by atoms with van der Waals surface area (Å²) in [6, 6.07) is 14.3. The summed E-state index contributed by atoms with van der Waals surface area (Å²) >= 11 is 0. The van der Waals surface area contributed by atoms with Crippen LogP contribution in [0, 0.1) is 0 Å². The van der Waals surface area contributed by atoms with Crippen molar-refractivity contribution in [2.45, 2.75) is 6.92 Å². The van der Waals surface area contributed by atoms with Crippen LogP contribution in [0.4, 0.5) is 16.2 Å². The van der Waals surface area contributed by atoms with Crippen molar-refractivity contribution in [1.82, 2.24) is 4.98 Å². The molecule has 1 aromatic heterocycles. The van der Waals surface area contributed by atoms with Crippen LogP contribution < -0.4 is 20.1 Å². The SMILES string of the molecule is CCOc1ccccc1NC(=O)Nc1cc(OC)cc2cccnc12. The molecule has 0 spiro atoms. The molecular formula is C19H19N3O3. The molecule has 0 radical (unpaired) electrons. The van der Waals surface area contributed by atoms with Gasteiger partial charge in [0, 0.05) is 17.6 Å². The molecule has 0 bridgehead atoms. The second-order valence-corrected chi connectivity index (χ2v) is 5.26. The average molecular weight is 337 g/mol. The van der Waals surface area contributed by atoms with Gasteiger partial charge in [0.05, 0.1) is 30.6 Å².